The minimum atomic E-state index is -0.553. The van der Waals surface area contributed by atoms with Crippen molar-refractivity contribution in [1.82, 2.24) is 4.90 Å². The fourth-order valence-corrected chi connectivity index (χ4v) is 2.72. The molecule has 1 aromatic carbocycles. The molecule has 1 aliphatic rings. The van der Waals surface area contributed by atoms with Crippen molar-refractivity contribution in [1.29, 1.82) is 0 Å². The van der Waals surface area contributed by atoms with Crippen LogP contribution in [0.2, 0.25) is 0 Å². The van der Waals surface area contributed by atoms with Crippen LogP contribution in [0.4, 0.5) is 5.69 Å². The highest BCUT2D eigenvalue weighted by Crippen LogP contribution is 2.33. The molecule has 138 valence electrons. The van der Waals surface area contributed by atoms with Crippen LogP contribution in [0.25, 0.3) is 0 Å². The van der Waals surface area contributed by atoms with Gasteiger partial charge in [-0.2, -0.15) is 0 Å². The maximum absolute atomic E-state index is 12.5. The molecule has 1 aromatic rings. The number of ether oxygens (including phenoxy) is 3. The van der Waals surface area contributed by atoms with Crippen LogP contribution < -0.4 is 9.64 Å². The van der Waals surface area contributed by atoms with E-state index in [0.29, 0.717) is 44.3 Å². The van der Waals surface area contributed by atoms with Crippen molar-refractivity contribution in [3.63, 3.8) is 0 Å². The average Bonchev–Trinajstić information content (AvgIpc) is 2.62. The van der Waals surface area contributed by atoms with Gasteiger partial charge < -0.3 is 24.0 Å². The lowest BCUT2D eigenvalue weighted by molar-refractivity contribution is -0.132. The minimum absolute atomic E-state index is 0.0291. The van der Waals surface area contributed by atoms with E-state index < -0.39 is 6.10 Å². The lowest BCUT2D eigenvalue weighted by Gasteiger charge is -2.33. The number of carbonyl (C=O) groups is 2. The van der Waals surface area contributed by atoms with Crippen LogP contribution in [0.1, 0.15) is 13.3 Å². The van der Waals surface area contributed by atoms with Crippen LogP contribution in [0.15, 0.2) is 24.3 Å². The molecule has 2 rings (SSSR count). The third-order valence-corrected chi connectivity index (χ3v) is 4.11. The van der Waals surface area contributed by atoms with E-state index >= 15 is 0 Å². The van der Waals surface area contributed by atoms with Gasteiger partial charge in [0.15, 0.2) is 6.10 Å². The predicted molar refractivity (Wildman–Crippen MR) is 93.8 cm³/mol. The number of methoxy groups -OCH3 is 2. The van der Waals surface area contributed by atoms with E-state index in [-0.39, 0.29) is 18.2 Å². The molecule has 0 bridgehead atoms. The number of carbonyl (C=O) groups excluding carboxylic acids is 2. The van der Waals surface area contributed by atoms with E-state index in [1.807, 2.05) is 24.3 Å². The lowest BCUT2D eigenvalue weighted by atomic mass is 10.1. The minimum Gasteiger partial charge on any atom is -0.479 e. The summed E-state index contributed by atoms with van der Waals surface area (Å²) in [5.41, 5.74) is 0.707. The number of rotatable bonds is 9. The van der Waals surface area contributed by atoms with Crippen LogP contribution in [-0.2, 0) is 19.1 Å². The number of hydrogen-bond donors (Lipinski definition) is 0. The second-order valence-corrected chi connectivity index (χ2v) is 5.83. The van der Waals surface area contributed by atoms with Crippen LogP contribution in [0, 0.1) is 0 Å². The summed E-state index contributed by atoms with van der Waals surface area (Å²) >= 11 is 0. The standard InChI is InChI=1S/C18H26N2O5/c1-14-18(22)20(15-6-4-5-7-16(15)25-14)9-8-17(21)19(10-12-23-2)11-13-24-3/h4-7,14H,8-13H2,1-3H3. The van der Waals surface area contributed by atoms with Crippen molar-refractivity contribution in [2.45, 2.75) is 19.4 Å². The Hall–Kier alpha value is -2.12. The Labute approximate surface area is 148 Å². The summed E-state index contributed by atoms with van der Waals surface area (Å²) in [7, 11) is 3.20. The summed E-state index contributed by atoms with van der Waals surface area (Å²) in [6.07, 6.45) is -0.316. The Balaban J connectivity index is 2.02. The first-order valence-corrected chi connectivity index (χ1v) is 8.41. The summed E-state index contributed by atoms with van der Waals surface area (Å²) in [6.45, 7) is 3.97. The molecule has 0 aliphatic carbocycles. The molecule has 0 saturated carbocycles. The Kier molecular flexibility index (Phi) is 7.21. The third-order valence-electron chi connectivity index (χ3n) is 4.11. The number of anilines is 1. The Morgan fingerprint density at radius 2 is 1.84 bits per heavy atom. The first-order chi connectivity index (χ1) is 12.1. The highest BCUT2D eigenvalue weighted by molar-refractivity contribution is 6.00. The highest BCUT2D eigenvalue weighted by Gasteiger charge is 2.31. The normalized spacial score (nSPS) is 16.4. The van der Waals surface area contributed by atoms with E-state index in [2.05, 4.69) is 0 Å². The molecule has 1 unspecified atom stereocenters. The van der Waals surface area contributed by atoms with Crippen molar-refractivity contribution in [2.24, 2.45) is 0 Å². The predicted octanol–water partition coefficient (Wildman–Crippen LogP) is 1.31. The molecule has 25 heavy (non-hydrogen) atoms. The van der Waals surface area contributed by atoms with E-state index in [9.17, 15) is 9.59 Å². The molecular weight excluding hydrogens is 324 g/mol. The lowest BCUT2D eigenvalue weighted by Crippen LogP contribution is -2.46. The molecule has 0 N–H and O–H groups in total. The molecule has 0 spiro atoms. The molecule has 1 heterocycles. The molecule has 0 aromatic heterocycles. The van der Waals surface area contributed by atoms with Crippen molar-refractivity contribution in [3.8, 4) is 5.75 Å². The van der Waals surface area contributed by atoms with Crippen molar-refractivity contribution in [2.75, 3.05) is 52.0 Å². The SMILES string of the molecule is COCCN(CCOC)C(=O)CCN1C(=O)C(C)Oc2ccccc21. The second kappa shape index (κ2) is 9.39. The zero-order valence-electron chi connectivity index (χ0n) is 15.1. The fourth-order valence-electron chi connectivity index (χ4n) is 2.72. The van der Waals surface area contributed by atoms with Gasteiger partial charge in [-0.05, 0) is 19.1 Å². The van der Waals surface area contributed by atoms with E-state index in [1.165, 1.54) is 0 Å². The van der Waals surface area contributed by atoms with Gasteiger partial charge in [0.25, 0.3) is 5.91 Å². The largest absolute Gasteiger partial charge is 0.479 e. The van der Waals surface area contributed by atoms with Crippen LogP contribution >= 0.6 is 0 Å². The Bertz CT molecular complexity index is 585. The Morgan fingerprint density at radius 1 is 1.20 bits per heavy atom. The first kappa shape index (κ1) is 19.2. The summed E-state index contributed by atoms with van der Waals surface area (Å²) in [4.78, 5) is 28.3. The molecule has 1 aliphatic heterocycles. The smallest absolute Gasteiger partial charge is 0.267 e. The van der Waals surface area contributed by atoms with Gasteiger partial charge in [-0.25, -0.2) is 0 Å². The van der Waals surface area contributed by atoms with Gasteiger partial charge in [0.05, 0.1) is 18.9 Å². The zero-order valence-corrected chi connectivity index (χ0v) is 15.1. The van der Waals surface area contributed by atoms with Crippen LogP contribution in [-0.4, -0.2) is 69.9 Å². The molecule has 0 radical (unpaired) electrons. The summed E-state index contributed by atoms with van der Waals surface area (Å²) < 4.78 is 15.7. The maximum Gasteiger partial charge on any atom is 0.267 e. The number of fused-ring (bicyclic) bond motifs is 1. The monoisotopic (exact) mass is 350 g/mol. The summed E-state index contributed by atoms with van der Waals surface area (Å²) in [5.74, 6) is 0.503. The number of hydrogen-bond acceptors (Lipinski definition) is 5. The van der Waals surface area contributed by atoms with E-state index in [1.54, 1.807) is 30.9 Å². The van der Waals surface area contributed by atoms with Gasteiger partial charge in [-0.3, -0.25) is 9.59 Å². The van der Waals surface area contributed by atoms with Crippen LogP contribution in [0.5, 0.6) is 5.75 Å². The Morgan fingerprint density at radius 3 is 2.48 bits per heavy atom. The molecule has 0 saturated heterocycles. The summed E-state index contributed by atoms with van der Waals surface area (Å²) in [6, 6.07) is 7.37. The van der Waals surface area contributed by atoms with Gasteiger partial charge in [-0.1, -0.05) is 12.1 Å². The van der Waals surface area contributed by atoms with E-state index in [4.69, 9.17) is 14.2 Å². The summed E-state index contributed by atoms with van der Waals surface area (Å²) in [5, 5.41) is 0. The fraction of sp³-hybridized carbons (Fsp3) is 0.556. The average molecular weight is 350 g/mol. The third kappa shape index (κ3) is 4.93. The first-order valence-electron chi connectivity index (χ1n) is 8.41. The number of para-hydroxylation sites is 2. The van der Waals surface area contributed by atoms with Gasteiger partial charge in [-0.15, -0.1) is 0 Å². The topological polar surface area (TPSA) is 68.3 Å². The van der Waals surface area contributed by atoms with Gasteiger partial charge >= 0.3 is 0 Å². The quantitative estimate of drug-likeness (QED) is 0.672. The zero-order chi connectivity index (χ0) is 18.2. The van der Waals surface area contributed by atoms with Crippen LogP contribution in [0.3, 0.4) is 0 Å². The van der Waals surface area contributed by atoms with Crippen molar-refractivity contribution >= 4 is 17.5 Å². The molecular formula is C18H26N2O5. The van der Waals surface area contributed by atoms with Gasteiger partial charge in [0, 0.05) is 40.3 Å². The van der Waals surface area contributed by atoms with Crippen molar-refractivity contribution < 1.29 is 23.8 Å². The van der Waals surface area contributed by atoms with Gasteiger partial charge in [0.2, 0.25) is 5.91 Å². The number of nitrogens with zero attached hydrogens (tertiary/aromatic N) is 2. The van der Waals surface area contributed by atoms with E-state index in [0.717, 1.165) is 0 Å². The number of benzene rings is 1. The van der Waals surface area contributed by atoms with Gasteiger partial charge in [0.1, 0.15) is 5.75 Å². The molecule has 2 amide bonds. The van der Waals surface area contributed by atoms with Crippen molar-refractivity contribution in [3.05, 3.63) is 24.3 Å². The molecule has 1 atom stereocenters. The molecule has 0 fully saturated rings. The highest BCUT2D eigenvalue weighted by atomic mass is 16.5. The number of amides is 2. The molecule has 7 heteroatoms. The second-order valence-electron chi connectivity index (χ2n) is 5.83. The molecule has 7 nitrogen and oxygen atoms in total. The maximum atomic E-state index is 12.5.